The second-order valence-corrected chi connectivity index (χ2v) is 5.45. The minimum Gasteiger partial charge on any atom is -0.494 e. The maximum atomic E-state index is 5.66. The van der Waals surface area contributed by atoms with Crippen LogP contribution >= 0.6 is 24.8 Å². The smallest absolute Gasteiger partial charge is 0.119 e. The molecule has 0 amide bonds. The van der Waals surface area contributed by atoms with Crippen LogP contribution in [-0.4, -0.2) is 37.7 Å². The van der Waals surface area contributed by atoms with Gasteiger partial charge in [0.25, 0.3) is 0 Å². The van der Waals surface area contributed by atoms with Crippen molar-refractivity contribution in [3.63, 3.8) is 0 Å². The lowest BCUT2D eigenvalue weighted by atomic mass is 9.98. The fourth-order valence-corrected chi connectivity index (χ4v) is 2.93. The lowest BCUT2D eigenvalue weighted by Gasteiger charge is -2.35. The molecule has 128 valence electrons. The largest absolute Gasteiger partial charge is 0.494 e. The summed E-state index contributed by atoms with van der Waals surface area (Å²) in [7, 11) is 0. The molecule has 1 N–H and O–H groups in total. The third-order valence-corrected chi connectivity index (χ3v) is 3.98. The van der Waals surface area contributed by atoms with E-state index in [0.717, 1.165) is 38.5 Å². The standard InChI is InChI=1S/C17H28N2O.2ClH/c1-3-5-9-17(19-12-10-18-11-13-19)15-7-6-8-16(14-15)20-4-2;;/h6-8,14,17-18H,3-5,9-13H2,1-2H3;2*1H/t17-;;/m0../s1. The molecule has 3 nitrogen and oxygen atoms in total. The van der Waals surface area contributed by atoms with Crippen LogP contribution in [0, 0.1) is 0 Å². The number of hydrogen-bond acceptors (Lipinski definition) is 3. The van der Waals surface area contributed by atoms with E-state index in [-0.39, 0.29) is 24.8 Å². The molecule has 1 atom stereocenters. The van der Waals surface area contributed by atoms with Crippen LogP contribution in [0.2, 0.25) is 0 Å². The number of piperazine rings is 1. The van der Waals surface area contributed by atoms with Crippen molar-refractivity contribution in [3.8, 4) is 5.75 Å². The molecule has 0 spiro atoms. The number of hydrogen-bond donors (Lipinski definition) is 1. The highest BCUT2D eigenvalue weighted by molar-refractivity contribution is 5.85. The van der Waals surface area contributed by atoms with Crippen molar-refractivity contribution in [3.05, 3.63) is 29.8 Å². The lowest BCUT2D eigenvalue weighted by molar-refractivity contribution is 0.163. The SMILES string of the molecule is CCCC[C@@H](c1cccc(OCC)c1)N1CCNCC1.Cl.Cl. The summed E-state index contributed by atoms with van der Waals surface area (Å²) in [4.78, 5) is 2.62. The summed E-state index contributed by atoms with van der Waals surface area (Å²) in [5, 5.41) is 3.44. The van der Waals surface area contributed by atoms with Gasteiger partial charge in [-0.2, -0.15) is 0 Å². The van der Waals surface area contributed by atoms with Gasteiger partial charge in [-0.3, -0.25) is 4.90 Å². The third-order valence-electron chi connectivity index (χ3n) is 3.98. The number of rotatable bonds is 7. The van der Waals surface area contributed by atoms with E-state index in [0.29, 0.717) is 6.04 Å². The molecule has 1 aromatic rings. The molecule has 1 heterocycles. The Morgan fingerprint density at radius 2 is 1.91 bits per heavy atom. The van der Waals surface area contributed by atoms with Crippen LogP contribution in [0.5, 0.6) is 5.75 Å². The quantitative estimate of drug-likeness (QED) is 0.803. The summed E-state index contributed by atoms with van der Waals surface area (Å²) < 4.78 is 5.66. The molecule has 22 heavy (non-hydrogen) atoms. The van der Waals surface area contributed by atoms with Gasteiger partial charge in [0, 0.05) is 32.2 Å². The van der Waals surface area contributed by atoms with Crippen molar-refractivity contribution in [2.75, 3.05) is 32.8 Å². The molecule has 1 aliphatic heterocycles. The Morgan fingerprint density at radius 1 is 1.18 bits per heavy atom. The fourth-order valence-electron chi connectivity index (χ4n) is 2.93. The summed E-state index contributed by atoms with van der Waals surface area (Å²) in [6.07, 6.45) is 3.78. The molecule has 2 rings (SSSR count). The molecule has 0 bridgehead atoms. The predicted molar refractivity (Wildman–Crippen MR) is 98.8 cm³/mol. The van der Waals surface area contributed by atoms with Gasteiger partial charge in [-0.15, -0.1) is 24.8 Å². The first-order chi connectivity index (χ1) is 9.85. The van der Waals surface area contributed by atoms with Gasteiger partial charge in [0.2, 0.25) is 0 Å². The molecular weight excluding hydrogens is 319 g/mol. The molecule has 1 fully saturated rings. The zero-order chi connectivity index (χ0) is 14.2. The van der Waals surface area contributed by atoms with Crippen molar-refractivity contribution in [1.82, 2.24) is 10.2 Å². The monoisotopic (exact) mass is 348 g/mol. The summed E-state index contributed by atoms with van der Waals surface area (Å²) in [6, 6.07) is 9.21. The highest BCUT2D eigenvalue weighted by Gasteiger charge is 2.21. The van der Waals surface area contributed by atoms with Gasteiger partial charge < -0.3 is 10.1 Å². The van der Waals surface area contributed by atoms with Crippen LogP contribution in [0.1, 0.15) is 44.7 Å². The molecular formula is C17H30Cl2N2O. The topological polar surface area (TPSA) is 24.5 Å². The van der Waals surface area contributed by atoms with Crippen molar-refractivity contribution >= 4 is 24.8 Å². The van der Waals surface area contributed by atoms with Gasteiger partial charge in [0.15, 0.2) is 0 Å². The molecule has 1 saturated heterocycles. The van der Waals surface area contributed by atoms with Crippen LogP contribution in [-0.2, 0) is 0 Å². The zero-order valence-electron chi connectivity index (χ0n) is 13.7. The highest BCUT2D eigenvalue weighted by atomic mass is 35.5. The maximum Gasteiger partial charge on any atom is 0.119 e. The first-order valence-electron chi connectivity index (χ1n) is 8.02. The van der Waals surface area contributed by atoms with Crippen molar-refractivity contribution in [2.45, 2.75) is 39.2 Å². The summed E-state index contributed by atoms with van der Waals surface area (Å²) in [6.45, 7) is 9.54. The average Bonchev–Trinajstić information content (AvgIpc) is 2.50. The Balaban J connectivity index is 0.00000220. The van der Waals surface area contributed by atoms with Crippen molar-refractivity contribution in [2.24, 2.45) is 0 Å². The lowest BCUT2D eigenvalue weighted by Crippen LogP contribution is -2.45. The van der Waals surface area contributed by atoms with E-state index in [2.05, 4.69) is 41.4 Å². The van der Waals surface area contributed by atoms with Crippen molar-refractivity contribution < 1.29 is 4.74 Å². The van der Waals surface area contributed by atoms with E-state index < -0.39 is 0 Å². The zero-order valence-corrected chi connectivity index (χ0v) is 15.3. The van der Waals surface area contributed by atoms with E-state index in [9.17, 15) is 0 Å². The normalized spacial score (nSPS) is 16.3. The Morgan fingerprint density at radius 3 is 2.55 bits per heavy atom. The predicted octanol–water partition coefficient (Wildman–Crippen LogP) is 4.07. The first kappa shape index (κ1) is 21.5. The molecule has 0 saturated carbocycles. The minimum atomic E-state index is 0. The molecule has 0 radical (unpaired) electrons. The van der Waals surface area contributed by atoms with Crippen LogP contribution in [0.4, 0.5) is 0 Å². The molecule has 1 aromatic carbocycles. The van der Waals surface area contributed by atoms with Gasteiger partial charge in [-0.1, -0.05) is 31.9 Å². The molecule has 0 aliphatic carbocycles. The van der Waals surface area contributed by atoms with Gasteiger partial charge in [-0.25, -0.2) is 0 Å². The van der Waals surface area contributed by atoms with Crippen molar-refractivity contribution in [1.29, 1.82) is 0 Å². The molecule has 0 unspecified atom stereocenters. The fraction of sp³-hybridized carbons (Fsp3) is 0.647. The Kier molecular flexibility index (Phi) is 11.7. The number of unbranched alkanes of at least 4 members (excludes halogenated alkanes) is 1. The Labute approximate surface area is 147 Å². The maximum absolute atomic E-state index is 5.66. The van der Waals surface area contributed by atoms with Gasteiger partial charge in [0.1, 0.15) is 5.75 Å². The number of halogens is 2. The van der Waals surface area contributed by atoms with E-state index in [1.54, 1.807) is 0 Å². The van der Waals surface area contributed by atoms with Gasteiger partial charge >= 0.3 is 0 Å². The highest BCUT2D eigenvalue weighted by Crippen LogP contribution is 2.29. The van der Waals surface area contributed by atoms with Gasteiger partial charge in [0.05, 0.1) is 6.61 Å². The number of nitrogens with zero attached hydrogens (tertiary/aromatic N) is 1. The summed E-state index contributed by atoms with van der Waals surface area (Å²) >= 11 is 0. The molecule has 0 aromatic heterocycles. The number of benzene rings is 1. The average molecular weight is 349 g/mol. The molecule has 1 aliphatic rings. The molecule has 5 heteroatoms. The van der Waals surface area contributed by atoms with E-state index >= 15 is 0 Å². The number of nitrogens with one attached hydrogen (secondary N) is 1. The summed E-state index contributed by atoms with van der Waals surface area (Å²) in [5.74, 6) is 1.00. The van der Waals surface area contributed by atoms with Crippen LogP contribution in [0.15, 0.2) is 24.3 Å². The number of ether oxygens (including phenoxy) is 1. The van der Waals surface area contributed by atoms with E-state index in [1.807, 2.05) is 6.92 Å². The van der Waals surface area contributed by atoms with Gasteiger partial charge in [-0.05, 0) is 31.0 Å². The van der Waals surface area contributed by atoms with E-state index in [1.165, 1.54) is 24.8 Å². The van der Waals surface area contributed by atoms with Crippen LogP contribution in [0.25, 0.3) is 0 Å². The first-order valence-corrected chi connectivity index (χ1v) is 8.02. The second-order valence-electron chi connectivity index (χ2n) is 5.45. The Bertz CT molecular complexity index is 398. The van der Waals surface area contributed by atoms with Crippen LogP contribution in [0.3, 0.4) is 0 Å². The third kappa shape index (κ3) is 6.33. The summed E-state index contributed by atoms with van der Waals surface area (Å²) in [5.41, 5.74) is 1.41. The van der Waals surface area contributed by atoms with Crippen LogP contribution < -0.4 is 10.1 Å². The Hall–Kier alpha value is -0.480. The minimum absolute atomic E-state index is 0. The van der Waals surface area contributed by atoms with E-state index in [4.69, 9.17) is 4.74 Å². The second kappa shape index (κ2) is 12.0.